The molecule has 0 aliphatic rings. The van der Waals surface area contributed by atoms with Crippen molar-refractivity contribution in [3.8, 4) is 0 Å². The van der Waals surface area contributed by atoms with Gasteiger partial charge in [0.25, 0.3) is 0 Å². The smallest absolute Gasteiger partial charge is 0.136 e. The van der Waals surface area contributed by atoms with E-state index in [0.29, 0.717) is 13.2 Å². The number of hydroxylamine groups is 2. The van der Waals surface area contributed by atoms with Crippen LogP contribution in [0.3, 0.4) is 0 Å². The normalized spacial score (nSPS) is 10.3. The zero-order chi connectivity index (χ0) is 9.52. The molecule has 0 spiro atoms. The second-order valence-electron chi connectivity index (χ2n) is 2.74. The molecular weight excluding hydrogens is 166 g/mol. The van der Waals surface area contributed by atoms with Crippen molar-refractivity contribution in [2.45, 2.75) is 6.61 Å². The summed E-state index contributed by atoms with van der Waals surface area (Å²) >= 11 is 0. The predicted octanol–water partition coefficient (Wildman–Crippen LogP) is 1.25. The minimum atomic E-state index is 0.298. The minimum Gasteiger partial charge on any atom is -0.302 e. The van der Waals surface area contributed by atoms with Gasteiger partial charge < -0.3 is 4.79 Å². The molecule has 0 radical (unpaired) electrons. The quantitative estimate of drug-likeness (QED) is 0.503. The lowest BCUT2D eigenvalue weighted by atomic mass is 10.2. The molecule has 3 nitrogen and oxygen atoms in total. The first kappa shape index (κ1) is 9.89. The standard InChI is InChI=1S/C10H13NO2/c1-11(7-8-12)13-9-10-5-3-2-4-6-10/h2-6,8H,7,9H2,1H3. The van der Waals surface area contributed by atoms with Gasteiger partial charge in [0, 0.05) is 7.05 Å². The first-order chi connectivity index (χ1) is 6.33. The van der Waals surface area contributed by atoms with Gasteiger partial charge in [-0.15, -0.1) is 0 Å². The topological polar surface area (TPSA) is 29.5 Å². The highest BCUT2D eigenvalue weighted by atomic mass is 16.7. The molecule has 0 unspecified atom stereocenters. The highest BCUT2D eigenvalue weighted by Crippen LogP contribution is 2.00. The van der Waals surface area contributed by atoms with Crippen LogP contribution in [0.2, 0.25) is 0 Å². The second kappa shape index (κ2) is 5.45. The molecule has 1 aromatic rings. The first-order valence-corrected chi connectivity index (χ1v) is 4.14. The van der Waals surface area contributed by atoms with Crippen molar-refractivity contribution in [2.24, 2.45) is 0 Å². The Kier molecular flexibility index (Phi) is 4.15. The summed E-state index contributed by atoms with van der Waals surface area (Å²) in [4.78, 5) is 15.4. The van der Waals surface area contributed by atoms with Crippen LogP contribution in [0.25, 0.3) is 0 Å². The molecule has 0 saturated heterocycles. The lowest BCUT2D eigenvalue weighted by Gasteiger charge is -2.12. The van der Waals surface area contributed by atoms with Crippen LogP contribution in [0.5, 0.6) is 0 Å². The van der Waals surface area contributed by atoms with E-state index in [1.165, 1.54) is 5.06 Å². The molecule has 70 valence electrons. The Morgan fingerprint density at radius 1 is 1.38 bits per heavy atom. The zero-order valence-corrected chi connectivity index (χ0v) is 7.64. The molecule has 0 aliphatic heterocycles. The average molecular weight is 179 g/mol. The molecule has 0 aromatic heterocycles. The van der Waals surface area contributed by atoms with Gasteiger partial charge in [-0.2, -0.15) is 5.06 Å². The zero-order valence-electron chi connectivity index (χ0n) is 7.64. The molecule has 0 fully saturated rings. The fourth-order valence-electron chi connectivity index (χ4n) is 0.917. The summed E-state index contributed by atoms with van der Waals surface area (Å²) < 4.78 is 0. The second-order valence-corrected chi connectivity index (χ2v) is 2.74. The van der Waals surface area contributed by atoms with E-state index in [9.17, 15) is 4.79 Å². The molecule has 0 amide bonds. The van der Waals surface area contributed by atoms with Gasteiger partial charge in [0.2, 0.25) is 0 Å². The number of carbonyl (C=O) groups is 1. The van der Waals surface area contributed by atoms with Crippen LogP contribution >= 0.6 is 0 Å². The summed E-state index contributed by atoms with van der Waals surface area (Å²) in [6.07, 6.45) is 0.811. The van der Waals surface area contributed by atoms with E-state index in [-0.39, 0.29) is 0 Å². The van der Waals surface area contributed by atoms with Gasteiger partial charge in [0.1, 0.15) is 6.29 Å². The number of aldehydes is 1. The molecule has 1 rings (SSSR count). The van der Waals surface area contributed by atoms with Crippen LogP contribution in [0, 0.1) is 0 Å². The summed E-state index contributed by atoms with van der Waals surface area (Å²) in [5.74, 6) is 0. The highest BCUT2D eigenvalue weighted by Gasteiger charge is 1.96. The third-order valence-corrected chi connectivity index (χ3v) is 1.63. The van der Waals surface area contributed by atoms with Crippen LogP contribution in [0.4, 0.5) is 0 Å². The summed E-state index contributed by atoms with van der Waals surface area (Å²) in [5.41, 5.74) is 1.10. The molecule has 0 heterocycles. The molecular formula is C10H13NO2. The maximum absolute atomic E-state index is 10.1. The van der Waals surface area contributed by atoms with Gasteiger partial charge in [-0.25, -0.2) is 0 Å². The van der Waals surface area contributed by atoms with Gasteiger partial charge >= 0.3 is 0 Å². The van der Waals surface area contributed by atoms with Crippen molar-refractivity contribution < 1.29 is 9.63 Å². The highest BCUT2D eigenvalue weighted by molar-refractivity contribution is 5.51. The Bertz CT molecular complexity index is 248. The van der Waals surface area contributed by atoms with Crippen LogP contribution in [0.15, 0.2) is 30.3 Å². The van der Waals surface area contributed by atoms with Gasteiger partial charge in [-0.1, -0.05) is 30.3 Å². The van der Waals surface area contributed by atoms with E-state index >= 15 is 0 Å². The Hall–Kier alpha value is -1.19. The number of carbonyl (C=O) groups excluding carboxylic acids is 1. The predicted molar refractivity (Wildman–Crippen MR) is 49.9 cm³/mol. The monoisotopic (exact) mass is 179 g/mol. The van der Waals surface area contributed by atoms with E-state index in [4.69, 9.17) is 4.84 Å². The average Bonchev–Trinajstić information content (AvgIpc) is 2.17. The SMILES string of the molecule is CN(CC=O)OCc1ccccc1. The number of benzene rings is 1. The third-order valence-electron chi connectivity index (χ3n) is 1.63. The van der Waals surface area contributed by atoms with Gasteiger partial charge in [-0.05, 0) is 5.56 Å². The van der Waals surface area contributed by atoms with E-state index in [2.05, 4.69) is 0 Å². The Morgan fingerprint density at radius 2 is 2.08 bits per heavy atom. The van der Waals surface area contributed by atoms with Crippen molar-refractivity contribution in [1.29, 1.82) is 0 Å². The van der Waals surface area contributed by atoms with Crippen LogP contribution < -0.4 is 0 Å². The Morgan fingerprint density at radius 3 is 2.69 bits per heavy atom. The molecule has 0 N–H and O–H groups in total. The number of hydrogen-bond donors (Lipinski definition) is 0. The fraction of sp³-hybridized carbons (Fsp3) is 0.300. The van der Waals surface area contributed by atoms with Crippen LogP contribution in [-0.4, -0.2) is 24.9 Å². The van der Waals surface area contributed by atoms with Crippen molar-refractivity contribution in [3.63, 3.8) is 0 Å². The van der Waals surface area contributed by atoms with Gasteiger partial charge in [0.05, 0.1) is 13.2 Å². The number of nitrogens with zero attached hydrogens (tertiary/aromatic N) is 1. The van der Waals surface area contributed by atoms with Crippen molar-refractivity contribution in [3.05, 3.63) is 35.9 Å². The Labute approximate surface area is 77.9 Å². The lowest BCUT2D eigenvalue weighted by Crippen LogP contribution is -2.20. The number of likely N-dealkylation sites (N-methyl/N-ethyl adjacent to an activating group) is 1. The lowest BCUT2D eigenvalue weighted by molar-refractivity contribution is -0.154. The van der Waals surface area contributed by atoms with E-state index in [1.54, 1.807) is 7.05 Å². The van der Waals surface area contributed by atoms with E-state index in [0.717, 1.165) is 11.8 Å². The molecule has 3 heteroatoms. The molecule has 0 aliphatic carbocycles. The summed E-state index contributed by atoms with van der Waals surface area (Å²) in [5, 5.41) is 1.51. The third kappa shape index (κ3) is 3.83. The number of rotatable bonds is 5. The molecule has 13 heavy (non-hydrogen) atoms. The van der Waals surface area contributed by atoms with Crippen LogP contribution in [-0.2, 0) is 16.2 Å². The van der Waals surface area contributed by atoms with Gasteiger partial charge in [0.15, 0.2) is 0 Å². The summed E-state index contributed by atoms with van der Waals surface area (Å²) in [6, 6.07) is 9.83. The van der Waals surface area contributed by atoms with E-state index in [1.807, 2.05) is 30.3 Å². The number of hydrogen-bond acceptors (Lipinski definition) is 3. The molecule has 0 bridgehead atoms. The van der Waals surface area contributed by atoms with E-state index < -0.39 is 0 Å². The summed E-state index contributed by atoms with van der Waals surface area (Å²) in [6.45, 7) is 0.804. The van der Waals surface area contributed by atoms with Gasteiger partial charge in [-0.3, -0.25) is 4.84 Å². The van der Waals surface area contributed by atoms with Crippen LogP contribution in [0.1, 0.15) is 5.56 Å². The van der Waals surface area contributed by atoms with Crippen molar-refractivity contribution >= 4 is 6.29 Å². The first-order valence-electron chi connectivity index (χ1n) is 4.14. The Balaban J connectivity index is 2.30. The maximum atomic E-state index is 10.1. The fourth-order valence-corrected chi connectivity index (χ4v) is 0.917. The summed E-state index contributed by atoms with van der Waals surface area (Å²) in [7, 11) is 1.73. The minimum absolute atomic E-state index is 0.298. The van der Waals surface area contributed by atoms with Crippen molar-refractivity contribution in [2.75, 3.05) is 13.6 Å². The molecule has 1 aromatic carbocycles. The maximum Gasteiger partial charge on any atom is 0.136 e. The molecule has 0 saturated carbocycles. The van der Waals surface area contributed by atoms with Crippen molar-refractivity contribution in [1.82, 2.24) is 5.06 Å². The largest absolute Gasteiger partial charge is 0.302 e. The molecule has 0 atom stereocenters.